The minimum Gasteiger partial charge on any atom is -0.495 e. The number of hydrogen-bond donors (Lipinski definition) is 0. The molecule has 0 spiro atoms. The first-order chi connectivity index (χ1) is 16.1. The number of thiazole rings is 1. The van der Waals surface area contributed by atoms with Crippen molar-refractivity contribution < 1.29 is 19.0 Å². The van der Waals surface area contributed by atoms with Gasteiger partial charge in [-0.25, -0.2) is 4.98 Å². The molecule has 0 aliphatic carbocycles. The van der Waals surface area contributed by atoms with Gasteiger partial charge in [-0.1, -0.05) is 37.2 Å². The highest BCUT2D eigenvalue weighted by Gasteiger charge is 2.25. The molecule has 7 nitrogen and oxygen atoms in total. The molecule has 1 aliphatic rings. The van der Waals surface area contributed by atoms with E-state index < -0.39 is 0 Å². The van der Waals surface area contributed by atoms with Crippen LogP contribution in [0.4, 0.5) is 5.13 Å². The number of ether oxygens (including phenoxy) is 3. The molecule has 176 valence electrons. The highest BCUT2D eigenvalue weighted by molar-refractivity contribution is 7.22. The fraction of sp³-hybridized carbons (Fsp3) is 0.440. The van der Waals surface area contributed by atoms with E-state index in [-0.39, 0.29) is 5.91 Å². The first-order valence-corrected chi connectivity index (χ1v) is 12.2. The van der Waals surface area contributed by atoms with Crippen LogP contribution in [-0.4, -0.2) is 62.8 Å². The van der Waals surface area contributed by atoms with Crippen molar-refractivity contribution in [2.45, 2.75) is 26.2 Å². The molecule has 0 atom stereocenters. The number of methoxy groups -OCH3 is 2. The molecule has 2 aromatic carbocycles. The maximum absolute atomic E-state index is 13.1. The van der Waals surface area contributed by atoms with Gasteiger partial charge < -0.3 is 24.0 Å². The standard InChI is InChI=1S/C25H31N3O4S/c1-4-5-6-16-32-19-9-7-8-18(17-19)24(29)27-12-14-28(15-13-27)25-26-22-20(30-2)10-11-21(31-3)23(22)33-25/h7-11,17H,4-6,12-16H2,1-3H3. The molecule has 4 rings (SSSR count). The minimum atomic E-state index is 0.0429. The third-order valence-corrected chi connectivity index (χ3v) is 6.96. The summed E-state index contributed by atoms with van der Waals surface area (Å²) < 4.78 is 17.8. The normalized spacial score (nSPS) is 13.9. The van der Waals surface area contributed by atoms with Crippen molar-refractivity contribution in [3.05, 3.63) is 42.0 Å². The van der Waals surface area contributed by atoms with Gasteiger partial charge in [0.2, 0.25) is 0 Å². The number of hydrogen-bond acceptors (Lipinski definition) is 7. The number of anilines is 1. The number of unbranched alkanes of at least 4 members (excludes halogenated alkanes) is 2. The Kier molecular flexibility index (Phi) is 7.54. The Bertz CT molecular complexity index is 1050. The van der Waals surface area contributed by atoms with Gasteiger partial charge in [-0.15, -0.1) is 0 Å². The van der Waals surface area contributed by atoms with Crippen molar-refractivity contribution in [2.24, 2.45) is 0 Å². The van der Waals surface area contributed by atoms with E-state index in [1.165, 1.54) is 0 Å². The molecule has 1 aromatic heterocycles. The third kappa shape index (κ3) is 5.16. The molecule has 0 N–H and O–H groups in total. The zero-order chi connectivity index (χ0) is 23.2. The van der Waals surface area contributed by atoms with Gasteiger partial charge in [0.05, 0.1) is 20.8 Å². The van der Waals surface area contributed by atoms with E-state index in [1.54, 1.807) is 25.6 Å². The van der Waals surface area contributed by atoms with Crippen LogP contribution in [0.5, 0.6) is 17.2 Å². The average Bonchev–Trinajstić information content (AvgIpc) is 3.31. The smallest absolute Gasteiger partial charge is 0.254 e. The first-order valence-electron chi connectivity index (χ1n) is 11.4. The second kappa shape index (κ2) is 10.7. The minimum absolute atomic E-state index is 0.0429. The number of nitrogens with zero attached hydrogens (tertiary/aromatic N) is 3. The summed E-state index contributed by atoms with van der Waals surface area (Å²) in [5, 5.41) is 0.919. The van der Waals surface area contributed by atoms with Gasteiger partial charge in [0.1, 0.15) is 27.5 Å². The number of carbonyl (C=O) groups is 1. The summed E-state index contributed by atoms with van der Waals surface area (Å²) in [5.74, 6) is 2.33. The van der Waals surface area contributed by atoms with Crippen LogP contribution < -0.4 is 19.1 Å². The lowest BCUT2D eigenvalue weighted by Crippen LogP contribution is -2.48. The summed E-state index contributed by atoms with van der Waals surface area (Å²) in [6.45, 7) is 5.59. The highest BCUT2D eigenvalue weighted by atomic mass is 32.1. The second-order valence-electron chi connectivity index (χ2n) is 8.01. The Labute approximate surface area is 198 Å². The van der Waals surface area contributed by atoms with Crippen molar-refractivity contribution in [3.8, 4) is 17.2 Å². The van der Waals surface area contributed by atoms with E-state index in [2.05, 4.69) is 11.8 Å². The van der Waals surface area contributed by atoms with Gasteiger partial charge >= 0.3 is 0 Å². The molecule has 0 bridgehead atoms. The Morgan fingerprint density at radius 2 is 1.79 bits per heavy atom. The lowest BCUT2D eigenvalue weighted by Gasteiger charge is -2.34. The fourth-order valence-electron chi connectivity index (χ4n) is 3.95. The van der Waals surface area contributed by atoms with Crippen LogP contribution in [0.3, 0.4) is 0 Å². The largest absolute Gasteiger partial charge is 0.495 e. The van der Waals surface area contributed by atoms with Crippen molar-refractivity contribution >= 4 is 32.6 Å². The van der Waals surface area contributed by atoms with Crippen LogP contribution in [0.2, 0.25) is 0 Å². The summed E-state index contributed by atoms with van der Waals surface area (Å²) in [4.78, 5) is 22.0. The Morgan fingerprint density at radius 1 is 1.03 bits per heavy atom. The van der Waals surface area contributed by atoms with E-state index in [1.807, 2.05) is 41.3 Å². The molecule has 1 aliphatic heterocycles. The highest BCUT2D eigenvalue weighted by Crippen LogP contribution is 2.40. The van der Waals surface area contributed by atoms with Gasteiger partial charge in [-0.3, -0.25) is 4.79 Å². The van der Waals surface area contributed by atoms with E-state index >= 15 is 0 Å². The molecular weight excluding hydrogens is 438 g/mol. The van der Waals surface area contributed by atoms with Crippen molar-refractivity contribution in [3.63, 3.8) is 0 Å². The molecule has 3 aromatic rings. The maximum Gasteiger partial charge on any atom is 0.254 e. The number of fused-ring (bicyclic) bond motifs is 1. The molecule has 1 saturated heterocycles. The van der Waals surface area contributed by atoms with Crippen molar-refractivity contribution in [1.82, 2.24) is 9.88 Å². The van der Waals surface area contributed by atoms with Crippen LogP contribution in [0.1, 0.15) is 36.5 Å². The summed E-state index contributed by atoms with van der Waals surface area (Å²) in [6, 6.07) is 11.3. The molecule has 33 heavy (non-hydrogen) atoms. The van der Waals surface area contributed by atoms with Gasteiger partial charge in [0.25, 0.3) is 5.91 Å². The Hall–Kier alpha value is -3.00. The van der Waals surface area contributed by atoms with Crippen LogP contribution in [0.15, 0.2) is 36.4 Å². The number of aromatic nitrogens is 1. The first kappa shape index (κ1) is 23.2. The number of rotatable bonds is 9. The number of piperazine rings is 1. The number of amides is 1. The van der Waals surface area contributed by atoms with Gasteiger partial charge in [-0.05, 0) is 36.8 Å². The predicted octanol–water partition coefficient (Wildman–Crippen LogP) is 4.84. The molecule has 8 heteroatoms. The lowest BCUT2D eigenvalue weighted by atomic mass is 10.1. The summed E-state index contributed by atoms with van der Waals surface area (Å²) in [7, 11) is 3.31. The second-order valence-corrected chi connectivity index (χ2v) is 8.98. The number of benzene rings is 2. The van der Waals surface area contributed by atoms with E-state index in [0.29, 0.717) is 25.3 Å². The summed E-state index contributed by atoms with van der Waals surface area (Å²) >= 11 is 1.59. The summed E-state index contributed by atoms with van der Waals surface area (Å²) in [6.07, 6.45) is 3.34. The predicted molar refractivity (Wildman–Crippen MR) is 132 cm³/mol. The van der Waals surface area contributed by atoms with Gasteiger partial charge in [0, 0.05) is 31.7 Å². The van der Waals surface area contributed by atoms with Crippen LogP contribution >= 0.6 is 11.3 Å². The topological polar surface area (TPSA) is 64.1 Å². The number of carbonyl (C=O) groups excluding carboxylic acids is 1. The molecule has 1 amide bonds. The van der Waals surface area contributed by atoms with Gasteiger partial charge in [-0.2, -0.15) is 0 Å². The molecule has 1 fully saturated rings. The molecule has 0 radical (unpaired) electrons. The van der Waals surface area contributed by atoms with Crippen LogP contribution in [0, 0.1) is 0 Å². The molecule has 0 unspecified atom stereocenters. The molecular formula is C25H31N3O4S. The fourth-order valence-corrected chi connectivity index (χ4v) is 5.08. The van der Waals surface area contributed by atoms with E-state index in [0.717, 1.165) is 64.9 Å². The van der Waals surface area contributed by atoms with Crippen LogP contribution in [0.25, 0.3) is 10.2 Å². The van der Waals surface area contributed by atoms with Crippen molar-refractivity contribution in [2.75, 3.05) is 51.9 Å². The van der Waals surface area contributed by atoms with Crippen molar-refractivity contribution in [1.29, 1.82) is 0 Å². The SMILES string of the molecule is CCCCCOc1cccc(C(=O)N2CCN(c3nc4c(OC)ccc(OC)c4s3)CC2)c1. The van der Waals surface area contributed by atoms with E-state index in [9.17, 15) is 4.79 Å². The Morgan fingerprint density at radius 3 is 2.52 bits per heavy atom. The third-order valence-electron chi connectivity index (χ3n) is 5.83. The summed E-state index contributed by atoms with van der Waals surface area (Å²) in [5.41, 5.74) is 1.48. The zero-order valence-electron chi connectivity index (χ0n) is 19.5. The monoisotopic (exact) mass is 469 g/mol. The lowest BCUT2D eigenvalue weighted by molar-refractivity contribution is 0.0746. The van der Waals surface area contributed by atoms with E-state index in [4.69, 9.17) is 19.2 Å². The quantitative estimate of drug-likeness (QED) is 0.418. The maximum atomic E-state index is 13.1. The zero-order valence-corrected chi connectivity index (χ0v) is 20.3. The molecule has 0 saturated carbocycles. The average molecular weight is 470 g/mol. The molecule has 2 heterocycles. The van der Waals surface area contributed by atoms with Crippen LogP contribution in [-0.2, 0) is 0 Å². The Balaban J connectivity index is 1.40. The van der Waals surface area contributed by atoms with Gasteiger partial charge in [0.15, 0.2) is 5.13 Å².